The fourth-order valence-corrected chi connectivity index (χ4v) is 6.21. The van der Waals surface area contributed by atoms with Gasteiger partial charge < -0.3 is 10.1 Å². The second kappa shape index (κ2) is 10.9. The summed E-state index contributed by atoms with van der Waals surface area (Å²) in [7, 11) is 0. The van der Waals surface area contributed by atoms with Crippen molar-refractivity contribution in [2.24, 2.45) is 0 Å². The van der Waals surface area contributed by atoms with E-state index in [1.807, 2.05) is 72.3 Å². The number of nitrogens with one attached hydrogen (secondary N) is 1. The van der Waals surface area contributed by atoms with Crippen molar-refractivity contribution in [2.75, 3.05) is 17.7 Å². The largest absolute Gasteiger partial charge is 0.494 e. The summed E-state index contributed by atoms with van der Waals surface area (Å²) in [4.78, 5) is 13.7. The molecule has 0 unspecified atom stereocenters. The van der Waals surface area contributed by atoms with E-state index in [0.717, 1.165) is 36.6 Å². The highest BCUT2D eigenvalue weighted by molar-refractivity contribution is 9.11. The molecule has 10 heteroatoms. The molecule has 1 amide bonds. The number of aromatic nitrogens is 3. The van der Waals surface area contributed by atoms with Crippen LogP contribution in [0.5, 0.6) is 5.75 Å². The van der Waals surface area contributed by atoms with E-state index in [0.29, 0.717) is 17.5 Å². The quantitative estimate of drug-likeness (QED) is 0.219. The van der Waals surface area contributed by atoms with Crippen molar-refractivity contribution >= 4 is 66.6 Å². The number of hydrogen-bond acceptors (Lipinski definition) is 6. The minimum absolute atomic E-state index is 0.135. The Kier molecular flexibility index (Phi) is 7.90. The van der Waals surface area contributed by atoms with E-state index in [-0.39, 0.29) is 11.7 Å². The predicted octanol–water partition coefficient (Wildman–Crippen LogP) is 6.96. The molecule has 0 radical (unpaired) electrons. The van der Waals surface area contributed by atoms with Crippen molar-refractivity contribution in [1.82, 2.24) is 14.8 Å². The van der Waals surface area contributed by atoms with Gasteiger partial charge in [0, 0.05) is 8.95 Å². The van der Waals surface area contributed by atoms with Gasteiger partial charge in [-0.05, 0) is 99.1 Å². The predicted molar refractivity (Wildman–Crippen MR) is 142 cm³/mol. The SMILES string of the molecule is CCOc1ccc(-n2c(SCC(=O)Nc3c(Br)cc(C)cc3Br)nnc2-c2cccs2)cc1. The van der Waals surface area contributed by atoms with Crippen LogP contribution in [-0.2, 0) is 4.79 Å². The van der Waals surface area contributed by atoms with Crippen molar-refractivity contribution < 1.29 is 9.53 Å². The fraction of sp³-hybridized carbons (Fsp3) is 0.174. The molecular formula is C23H20Br2N4O2S2. The molecule has 0 atom stereocenters. The van der Waals surface area contributed by atoms with E-state index in [4.69, 9.17) is 4.74 Å². The van der Waals surface area contributed by atoms with Crippen LogP contribution >= 0.6 is 55.0 Å². The molecule has 0 aliphatic heterocycles. The molecule has 2 heterocycles. The summed E-state index contributed by atoms with van der Waals surface area (Å²) in [5.41, 5.74) is 2.70. The zero-order valence-electron chi connectivity index (χ0n) is 17.8. The standard InChI is InChI=1S/C23H20Br2N4O2S2/c1-3-31-16-8-6-15(7-9-16)29-22(19-5-4-10-32-19)27-28-23(29)33-13-20(30)26-21-17(24)11-14(2)12-18(21)25/h4-12H,3,13H2,1-2H3,(H,26,30). The van der Waals surface area contributed by atoms with Crippen molar-refractivity contribution in [3.63, 3.8) is 0 Å². The van der Waals surface area contributed by atoms with Gasteiger partial charge in [0.15, 0.2) is 11.0 Å². The molecule has 4 aromatic rings. The van der Waals surface area contributed by atoms with E-state index < -0.39 is 0 Å². The number of halogens is 2. The first-order valence-corrected chi connectivity index (χ1v) is 13.5. The highest BCUT2D eigenvalue weighted by Gasteiger charge is 2.19. The van der Waals surface area contributed by atoms with Gasteiger partial charge in [0.2, 0.25) is 5.91 Å². The molecule has 6 nitrogen and oxygen atoms in total. The molecule has 4 rings (SSSR count). The number of thioether (sulfide) groups is 1. The second-order valence-corrected chi connectivity index (χ2v) is 10.6. The highest BCUT2D eigenvalue weighted by atomic mass is 79.9. The molecular weight excluding hydrogens is 588 g/mol. The Hall–Kier alpha value is -2.14. The number of benzene rings is 2. The summed E-state index contributed by atoms with van der Waals surface area (Å²) in [5, 5.41) is 14.4. The zero-order valence-corrected chi connectivity index (χ0v) is 22.6. The Balaban J connectivity index is 1.57. The maximum atomic E-state index is 12.7. The molecule has 2 aromatic heterocycles. The van der Waals surface area contributed by atoms with Crippen molar-refractivity contribution in [3.05, 3.63) is 68.4 Å². The average molecular weight is 608 g/mol. The second-order valence-electron chi connectivity index (χ2n) is 6.99. The van der Waals surface area contributed by atoms with Crippen molar-refractivity contribution in [3.8, 4) is 22.1 Å². The maximum Gasteiger partial charge on any atom is 0.234 e. The number of ether oxygens (including phenoxy) is 1. The number of hydrogen-bond donors (Lipinski definition) is 1. The smallest absolute Gasteiger partial charge is 0.234 e. The number of aryl methyl sites for hydroxylation is 1. The lowest BCUT2D eigenvalue weighted by atomic mass is 10.2. The number of amides is 1. The summed E-state index contributed by atoms with van der Waals surface area (Å²) in [6.45, 7) is 4.56. The number of anilines is 1. The van der Waals surface area contributed by atoms with Gasteiger partial charge in [-0.2, -0.15) is 0 Å². The van der Waals surface area contributed by atoms with E-state index in [1.54, 1.807) is 11.3 Å². The first-order chi connectivity index (χ1) is 16.0. The normalized spacial score (nSPS) is 10.9. The van der Waals surface area contributed by atoms with Gasteiger partial charge in [0.25, 0.3) is 0 Å². The minimum Gasteiger partial charge on any atom is -0.494 e. The first kappa shape index (κ1) is 24.0. The molecule has 0 saturated carbocycles. The van der Waals surface area contributed by atoms with Crippen LogP contribution in [0.25, 0.3) is 16.4 Å². The number of nitrogens with zero attached hydrogens (tertiary/aromatic N) is 3. The van der Waals surface area contributed by atoms with Crippen LogP contribution < -0.4 is 10.1 Å². The number of carbonyl (C=O) groups excluding carboxylic acids is 1. The van der Waals surface area contributed by atoms with Gasteiger partial charge in [-0.25, -0.2) is 0 Å². The lowest BCUT2D eigenvalue weighted by Crippen LogP contribution is -2.15. The lowest BCUT2D eigenvalue weighted by Gasteiger charge is -2.12. The summed E-state index contributed by atoms with van der Waals surface area (Å²) in [6.07, 6.45) is 0. The van der Waals surface area contributed by atoms with Gasteiger partial charge in [0.1, 0.15) is 5.75 Å². The molecule has 1 N–H and O–H groups in total. The van der Waals surface area contributed by atoms with Crippen LogP contribution in [0.2, 0.25) is 0 Å². The molecule has 0 aliphatic carbocycles. The Bertz CT molecular complexity index is 1240. The van der Waals surface area contributed by atoms with Crippen LogP contribution in [0.1, 0.15) is 12.5 Å². The topological polar surface area (TPSA) is 69.0 Å². The van der Waals surface area contributed by atoms with Crippen molar-refractivity contribution in [2.45, 2.75) is 19.0 Å². The van der Waals surface area contributed by atoms with Crippen LogP contribution in [-0.4, -0.2) is 33.0 Å². The third kappa shape index (κ3) is 5.68. The number of carbonyl (C=O) groups is 1. The highest BCUT2D eigenvalue weighted by Crippen LogP contribution is 2.34. The summed E-state index contributed by atoms with van der Waals surface area (Å²) >= 11 is 9.97. The fourth-order valence-electron chi connectivity index (χ4n) is 3.14. The van der Waals surface area contributed by atoms with E-state index in [1.165, 1.54) is 11.8 Å². The van der Waals surface area contributed by atoms with E-state index in [9.17, 15) is 4.79 Å². The molecule has 0 aliphatic rings. The lowest BCUT2D eigenvalue weighted by molar-refractivity contribution is -0.113. The van der Waals surface area contributed by atoms with Gasteiger partial charge in [0.05, 0.1) is 28.6 Å². The van der Waals surface area contributed by atoms with E-state index in [2.05, 4.69) is 47.4 Å². The minimum atomic E-state index is -0.135. The molecule has 170 valence electrons. The molecule has 2 aromatic carbocycles. The molecule has 0 spiro atoms. The summed E-state index contributed by atoms with van der Waals surface area (Å²) < 4.78 is 9.19. The number of thiophene rings is 1. The summed E-state index contributed by atoms with van der Waals surface area (Å²) in [6, 6.07) is 15.7. The Labute approximate surface area is 217 Å². The monoisotopic (exact) mass is 606 g/mol. The van der Waals surface area contributed by atoms with Crippen LogP contribution in [0.4, 0.5) is 5.69 Å². The number of rotatable bonds is 8. The maximum absolute atomic E-state index is 12.7. The van der Waals surface area contributed by atoms with Gasteiger partial charge in [-0.1, -0.05) is 17.8 Å². The molecule has 0 fully saturated rings. The van der Waals surface area contributed by atoms with Gasteiger partial charge in [-0.3, -0.25) is 9.36 Å². The third-order valence-electron chi connectivity index (χ3n) is 4.56. The molecule has 0 saturated heterocycles. The molecule has 0 bridgehead atoms. The zero-order chi connectivity index (χ0) is 23.4. The Morgan fingerprint density at radius 2 is 1.88 bits per heavy atom. The van der Waals surface area contributed by atoms with Crippen molar-refractivity contribution in [1.29, 1.82) is 0 Å². The van der Waals surface area contributed by atoms with Crippen LogP contribution in [0, 0.1) is 6.92 Å². The Morgan fingerprint density at radius 1 is 1.15 bits per heavy atom. The molecule has 33 heavy (non-hydrogen) atoms. The third-order valence-corrected chi connectivity index (χ3v) is 7.61. The first-order valence-electron chi connectivity index (χ1n) is 10.1. The average Bonchev–Trinajstić information content (AvgIpc) is 3.45. The van der Waals surface area contributed by atoms with E-state index >= 15 is 0 Å². The van der Waals surface area contributed by atoms with Crippen LogP contribution in [0.15, 0.2) is 68.0 Å². The summed E-state index contributed by atoms with van der Waals surface area (Å²) in [5.74, 6) is 1.59. The van der Waals surface area contributed by atoms with Gasteiger partial charge >= 0.3 is 0 Å². The van der Waals surface area contributed by atoms with Crippen LogP contribution in [0.3, 0.4) is 0 Å². The van der Waals surface area contributed by atoms with Gasteiger partial charge in [-0.15, -0.1) is 21.5 Å². The Morgan fingerprint density at radius 3 is 2.52 bits per heavy atom.